The van der Waals surface area contributed by atoms with Crippen molar-refractivity contribution in [2.45, 2.75) is 19.8 Å². The Morgan fingerprint density at radius 3 is 1.65 bits per heavy atom. The van der Waals surface area contributed by atoms with Crippen LogP contribution in [0, 0.1) is 5.92 Å². The van der Waals surface area contributed by atoms with E-state index in [1.807, 2.05) is 36.7 Å². The molecule has 1 aliphatic rings. The second-order valence-corrected chi connectivity index (χ2v) is 6.10. The third-order valence-corrected chi connectivity index (χ3v) is 3.17. The lowest BCUT2D eigenvalue weighted by molar-refractivity contribution is -0.801. The van der Waals surface area contributed by atoms with E-state index in [-0.39, 0.29) is 5.78 Å². The molecule has 0 radical (unpaired) electrons. The molecule has 1 saturated carbocycles. The number of allylic oxidation sites excluding steroid dienone is 6. The molecule has 0 saturated heterocycles. The number of rotatable bonds is 4. The van der Waals surface area contributed by atoms with Crippen molar-refractivity contribution in [3.8, 4) is 0 Å². The number of carbonyl (C=O) groups is 1. The lowest BCUT2D eigenvalue weighted by Gasteiger charge is -2.21. The van der Waals surface area contributed by atoms with Gasteiger partial charge < -0.3 is 9.80 Å². The first-order valence-electron chi connectivity index (χ1n) is 7.29. The molecule has 1 rings (SSSR count). The van der Waals surface area contributed by atoms with Crippen molar-refractivity contribution in [3.05, 3.63) is 47.9 Å². The molecule has 0 spiro atoms. The summed E-state index contributed by atoms with van der Waals surface area (Å²) in [5.41, 5.74) is 1.86. The highest BCUT2D eigenvalue weighted by Crippen LogP contribution is 2.29. The molecule has 0 atom stereocenters. The fourth-order valence-electron chi connectivity index (χ4n) is 2.22. The lowest BCUT2D eigenvalue weighted by atomic mass is 9.82. The Labute approximate surface area is 122 Å². The highest BCUT2D eigenvalue weighted by atomic mass is 16.1. The first kappa shape index (κ1) is 16.6. The highest BCUT2D eigenvalue weighted by molar-refractivity contribution is 6.09. The molecule has 20 heavy (non-hydrogen) atoms. The molecular formula is C17H28N2O+2. The molecule has 0 unspecified atom stereocenters. The van der Waals surface area contributed by atoms with E-state index in [4.69, 9.17) is 0 Å². The predicted molar refractivity (Wildman–Crippen MR) is 83.5 cm³/mol. The SMILES string of the molecule is CC1C/C(=C\C=C\[NH+](C)C)C(=O)/C(=C/C=C/[NH+](C)C)C1. The summed E-state index contributed by atoms with van der Waals surface area (Å²) in [7, 11) is 8.22. The number of ketones is 1. The number of quaternary nitrogens is 2. The summed E-state index contributed by atoms with van der Waals surface area (Å²) in [6.45, 7) is 2.20. The highest BCUT2D eigenvalue weighted by Gasteiger charge is 2.24. The van der Waals surface area contributed by atoms with E-state index in [9.17, 15) is 4.79 Å². The van der Waals surface area contributed by atoms with Crippen molar-refractivity contribution < 1.29 is 14.6 Å². The molecule has 3 nitrogen and oxygen atoms in total. The van der Waals surface area contributed by atoms with Gasteiger partial charge in [0.2, 0.25) is 0 Å². The summed E-state index contributed by atoms with van der Waals surface area (Å²) >= 11 is 0. The smallest absolute Gasteiger partial charge is 0.185 e. The Kier molecular flexibility index (Phi) is 6.62. The van der Waals surface area contributed by atoms with Crippen molar-refractivity contribution in [1.29, 1.82) is 0 Å². The van der Waals surface area contributed by atoms with Gasteiger partial charge in [0.05, 0.1) is 40.6 Å². The Morgan fingerprint density at radius 1 is 0.900 bits per heavy atom. The Hall–Kier alpha value is -1.45. The van der Waals surface area contributed by atoms with Crippen LogP contribution >= 0.6 is 0 Å². The van der Waals surface area contributed by atoms with Gasteiger partial charge in [-0.25, -0.2) is 0 Å². The first-order chi connectivity index (χ1) is 9.40. The van der Waals surface area contributed by atoms with Crippen molar-refractivity contribution in [2.75, 3.05) is 28.2 Å². The van der Waals surface area contributed by atoms with E-state index in [0.717, 1.165) is 24.0 Å². The predicted octanol–water partition coefficient (Wildman–Crippen LogP) is 0.155. The van der Waals surface area contributed by atoms with Crippen LogP contribution in [0.2, 0.25) is 0 Å². The van der Waals surface area contributed by atoms with Crippen LogP contribution < -0.4 is 9.80 Å². The summed E-state index contributed by atoms with van der Waals surface area (Å²) in [6, 6.07) is 0. The first-order valence-corrected chi connectivity index (χ1v) is 7.29. The number of Topliss-reactive ketones (excluding diaryl/α,β-unsaturated/α-hetero) is 1. The molecule has 110 valence electrons. The maximum absolute atomic E-state index is 12.4. The zero-order valence-corrected chi connectivity index (χ0v) is 13.4. The molecule has 0 aromatic carbocycles. The third-order valence-electron chi connectivity index (χ3n) is 3.17. The van der Waals surface area contributed by atoms with E-state index in [0.29, 0.717) is 5.92 Å². The molecule has 1 aliphatic carbocycles. The monoisotopic (exact) mass is 276 g/mol. The maximum Gasteiger partial charge on any atom is 0.185 e. The molecule has 3 heteroatoms. The van der Waals surface area contributed by atoms with Crippen LogP contribution in [-0.4, -0.2) is 34.0 Å². The zero-order chi connectivity index (χ0) is 15.1. The number of hydrogen-bond donors (Lipinski definition) is 2. The molecule has 0 amide bonds. The van der Waals surface area contributed by atoms with Gasteiger partial charge in [0, 0.05) is 11.1 Å². The molecule has 0 heterocycles. The van der Waals surface area contributed by atoms with Gasteiger partial charge in [-0.3, -0.25) is 4.79 Å². The van der Waals surface area contributed by atoms with Crippen molar-refractivity contribution in [3.63, 3.8) is 0 Å². The van der Waals surface area contributed by atoms with Crippen LogP contribution in [0.3, 0.4) is 0 Å². The van der Waals surface area contributed by atoms with Crippen LogP contribution in [0.4, 0.5) is 0 Å². The van der Waals surface area contributed by atoms with E-state index in [1.165, 1.54) is 9.80 Å². The fraction of sp³-hybridized carbons (Fsp3) is 0.471. The Bertz CT molecular complexity index is 414. The van der Waals surface area contributed by atoms with Crippen LogP contribution in [0.1, 0.15) is 19.8 Å². The molecule has 0 aromatic rings. The number of nitrogens with one attached hydrogen (secondary N) is 2. The van der Waals surface area contributed by atoms with Gasteiger partial charge in [-0.2, -0.15) is 0 Å². The van der Waals surface area contributed by atoms with Gasteiger partial charge in [-0.15, -0.1) is 0 Å². The van der Waals surface area contributed by atoms with Crippen LogP contribution in [-0.2, 0) is 4.79 Å². The van der Waals surface area contributed by atoms with Gasteiger partial charge in [-0.05, 0) is 43.1 Å². The van der Waals surface area contributed by atoms with E-state index >= 15 is 0 Å². The minimum Gasteiger partial charge on any atom is -0.314 e. The fourth-order valence-corrected chi connectivity index (χ4v) is 2.22. The molecule has 0 bridgehead atoms. The average Bonchev–Trinajstić information content (AvgIpc) is 2.33. The molecule has 1 fully saturated rings. The van der Waals surface area contributed by atoms with E-state index in [2.05, 4.69) is 35.1 Å². The normalized spacial score (nSPS) is 25.1. The van der Waals surface area contributed by atoms with Gasteiger partial charge in [0.1, 0.15) is 0 Å². The summed E-state index contributed by atoms with van der Waals surface area (Å²) in [5.74, 6) is 0.741. The molecule has 0 aliphatic heterocycles. The standard InChI is InChI=1S/C17H26N2O/c1-14-12-15(8-6-10-18(2)3)17(20)16(13-14)9-7-11-19(4)5/h6-11,14H,12-13H2,1-5H3/p+2/b10-6+,11-7+,15-8+,16-9+. The average molecular weight is 276 g/mol. The largest absolute Gasteiger partial charge is 0.314 e. The number of carbonyl (C=O) groups excluding carboxylic acids is 1. The van der Waals surface area contributed by atoms with Crippen molar-refractivity contribution in [2.24, 2.45) is 5.92 Å². The summed E-state index contributed by atoms with van der Waals surface area (Å²) in [5, 5.41) is 0. The summed E-state index contributed by atoms with van der Waals surface area (Å²) in [6.07, 6.45) is 13.8. The molecule has 2 N–H and O–H groups in total. The zero-order valence-electron chi connectivity index (χ0n) is 13.4. The van der Waals surface area contributed by atoms with Crippen molar-refractivity contribution in [1.82, 2.24) is 0 Å². The van der Waals surface area contributed by atoms with Gasteiger partial charge in [-0.1, -0.05) is 6.92 Å². The molecular weight excluding hydrogens is 248 g/mol. The topological polar surface area (TPSA) is 26.0 Å². The summed E-state index contributed by atoms with van der Waals surface area (Å²) in [4.78, 5) is 14.9. The van der Waals surface area contributed by atoms with Crippen molar-refractivity contribution >= 4 is 5.78 Å². The van der Waals surface area contributed by atoms with Crippen LogP contribution in [0.15, 0.2) is 47.9 Å². The second kappa shape index (κ2) is 7.98. The van der Waals surface area contributed by atoms with Gasteiger partial charge >= 0.3 is 0 Å². The van der Waals surface area contributed by atoms with Crippen LogP contribution in [0.5, 0.6) is 0 Å². The van der Waals surface area contributed by atoms with E-state index in [1.54, 1.807) is 0 Å². The van der Waals surface area contributed by atoms with Gasteiger partial charge in [0.25, 0.3) is 0 Å². The number of hydrogen-bond acceptors (Lipinski definition) is 1. The lowest BCUT2D eigenvalue weighted by Crippen LogP contribution is -3.00. The maximum atomic E-state index is 12.4. The summed E-state index contributed by atoms with van der Waals surface area (Å²) < 4.78 is 0. The third kappa shape index (κ3) is 5.68. The second-order valence-electron chi connectivity index (χ2n) is 6.10. The van der Waals surface area contributed by atoms with E-state index < -0.39 is 0 Å². The van der Waals surface area contributed by atoms with Gasteiger partial charge in [0.15, 0.2) is 5.78 Å². The molecule has 0 aromatic heterocycles. The van der Waals surface area contributed by atoms with Crippen LogP contribution in [0.25, 0.3) is 0 Å². The Morgan fingerprint density at radius 2 is 1.30 bits per heavy atom. The minimum absolute atomic E-state index is 0.208. The minimum atomic E-state index is 0.208. The Balaban J connectivity index is 2.87. The quantitative estimate of drug-likeness (QED) is 0.703.